The molecule has 2 rings (SSSR count). The molecule has 0 radical (unpaired) electrons. The fourth-order valence-electron chi connectivity index (χ4n) is 1.99. The van der Waals surface area contributed by atoms with Crippen LogP contribution >= 0.6 is 0 Å². The molecule has 0 bridgehead atoms. The van der Waals surface area contributed by atoms with E-state index in [1.807, 2.05) is 0 Å². The third-order valence-electron chi connectivity index (χ3n) is 2.99. The second-order valence-electron chi connectivity index (χ2n) is 4.46. The summed E-state index contributed by atoms with van der Waals surface area (Å²) < 4.78 is 5.29. The van der Waals surface area contributed by atoms with Crippen LogP contribution in [0.5, 0.6) is 0 Å². The highest BCUT2D eigenvalue weighted by Gasteiger charge is 2.20. The maximum Gasteiger partial charge on any atom is 0.134 e. The van der Waals surface area contributed by atoms with Crippen molar-refractivity contribution in [3.8, 4) is 0 Å². The first-order valence-corrected chi connectivity index (χ1v) is 6.13. The van der Waals surface area contributed by atoms with E-state index in [2.05, 4.69) is 15.6 Å². The van der Waals surface area contributed by atoms with Gasteiger partial charge in [0.15, 0.2) is 0 Å². The second kappa shape index (κ2) is 5.97. The highest BCUT2D eigenvalue weighted by molar-refractivity contribution is 5.84. The van der Waals surface area contributed by atoms with E-state index in [4.69, 9.17) is 10.1 Å². The SMILES string of the molecule is N=C1NC(CC/N=C2\CCCN2)COCC1O. The maximum atomic E-state index is 9.42. The summed E-state index contributed by atoms with van der Waals surface area (Å²) >= 11 is 0. The second-order valence-corrected chi connectivity index (χ2v) is 4.46. The van der Waals surface area contributed by atoms with Crippen LogP contribution in [0.3, 0.4) is 0 Å². The lowest BCUT2D eigenvalue weighted by molar-refractivity contribution is 0.0695. The van der Waals surface area contributed by atoms with Crippen molar-refractivity contribution in [1.82, 2.24) is 10.6 Å². The van der Waals surface area contributed by atoms with Crippen molar-refractivity contribution >= 4 is 11.7 Å². The third kappa shape index (κ3) is 3.67. The summed E-state index contributed by atoms with van der Waals surface area (Å²) in [5.74, 6) is 1.24. The van der Waals surface area contributed by atoms with E-state index in [1.54, 1.807) is 0 Å². The normalized spacial score (nSPS) is 32.1. The molecule has 6 heteroatoms. The van der Waals surface area contributed by atoms with Crippen LogP contribution in [0.2, 0.25) is 0 Å². The van der Waals surface area contributed by atoms with Gasteiger partial charge in [0.25, 0.3) is 0 Å². The number of aliphatic hydroxyl groups excluding tert-OH is 1. The van der Waals surface area contributed by atoms with Crippen molar-refractivity contribution in [3.05, 3.63) is 0 Å². The van der Waals surface area contributed by atoms with Gasteiger partial charge in [0.1, 0.15) is 11.9 Å². The molecule has 96 valence electrons. The van der Waals surface area contributed by atoms with E-state index in [1.165, 1.54) is 6.42 Å². The lowest BCUT2D eigenvalue weighted by Gasteiger charge is -2.15. The van der Waals surface area contributed by atoms with Crippen LogP contribution in [0, 0.1) is 5.41 Å². The summed E-state index contributed by atoms with van der Waals surface area (Å²) in [6.45, 7) is 2.49. The van der Waals surface area contributed by atoms with Crippen LogP contribution in [0.4, 0.5) is 0 Å². The quantitative estimate of drug-likeness (QED) is 0.534. The standard InChI is InChI=1S/C11H20N4O2/c12-11-9(16)7-17-6-8(15-11)3-5-14-10-2-1-4-13-10/h8-9,16H,1-7H2,(H2,12,15)(H,13,14). The van der Waals surface area contributed by atoms with Gasteiger partial charge in [0, 0.05) is 19.5 Å². The van der Waals surface area contributed by atoms with Crippen LogP contribution in [-0.4, -0.2) is 55.2 Å². The highest BCUT2D eigenvalue weighted by Crippen LogP contribution is 2.03. The Morgan fingerprint density at radius 3 is 3.12 bits per heavy atom. The highest BCUT2D eigenvalue weighted by atomic mass is 16.5. The van der Waals surface area contributed by atoms with Gasteiger partial charge < -0.3 is 20.5 Å². The van der Waals surface area contributed by atoms with E-state index in [0.29, 0.717) is 6.61 Å². The first kappa shape index (κ1) is 12.3. The molecule has 4 N–H and O–H groups in total. The predicted octanol–water partition coefficient (Wildman–Crippen LogP) is -0.515. The molecule has 0 aromatic heterocycles. The molecule has 2 unspecified atom stereocenters. The van der Waals surface area contributed by atoms with Crippen LogP contribution in [0.25, 0.3) is 0 Å². The summed E-state index contributed by atoms with van der Waals surface area (Å²) in [5.41, 5.74) is 0. The Morgan fingerprint density at radius 1 is 1.47 bits per heavy atom. The Labute approximate surface area is 101 Å². The van der Waals surface area contributed by atoms with Gasteiger partial charge in [-0.2, -0.15) is 0 Å². The molecule has 6 nitrogen and oxygen atoms in total. The Balaban J connectivity index is 1.74. The first-order valence-electron chi connectivity index (χ1n) is 6.13. The minimum atomic E-state index is -0.817. The smallest absolute Gasteiger partial charge is 0.134 e. The molecule has 0 aromatic rings. The number of nitrogens with one attached hydrogen (secondary N) is 3. The van der Waals surface area contributed by atoms with E-state index in [0.717, 1.165) is 31.8 Å². The summed E-state index contributed by atoms with van der Waals surface area (Å²) in [6, 6.07) is 0.0744. The number of hydrogen-bond donors (Lipinski definition) is 4. The van der Waals surface area contributed by atoms with Gasteiger partial charge in [0.05, 0.1) is 25.1 Å². The van der Waals surface area contributed by atoms with Gasteiger partial charge in [-0.1, -0.05) is 0 Å². The fourth-order valence-corrected chi connectivity index (χ4v) is 1.99. The van der Waals surface area contributed by atoms with Crippen LogP contribution in [0.15, 0.2) is 4.99 Å². The molecule has 2 fully saturated rings. The van der Waals surface area contributed by atoms with Crippen molar-refractivity contribution in [2.24, 2.45) is 4.99 Å². The molecule has 2 aliphatic rings. The average Bonchev–Trinajstić information content (AvgIpc) is 2.76. The minimum absolute atomic E-state index is 0.0744. The van der Waals surface area contributed by atoms with E-state index in [-0.39, 0.29) is 18.5 Å². The van der Waals surface area contributed by atoms with E-state index >= 15 is 0 Å². The van der Waals surface area contributed by atoms with Gasteiger partial charge in [-0.3, -0.25) is 10.4 Å². The lowest BCUT2D eigenvalue weighted by atomic mass is 10.2. The summed E-state index contributed by atoms with van der Waals surface area (Å²) in [5, 5.41) is 23.2. The molecular formula is C11H20N4O2. The number of rotatable bonds is 3. The molecule has 2 saturated heterocycles. The first-order chi connectivity index (χ1) is 8.25. The van der Waals surface area contributed by atoms with Crippen LogP contribution in [0.1, 0.15) is 19.3 Å². The van der Waals surface area contributed by atoms with Crippen molar-refractivity contribution in [2.75, 3.05) is 26.3 Å². The van der Waals surface area contributed by atoms with Crippen molar-refractivity contribution in [1.29, 1.82) is 5.41 Å². The van der Waals surface area contributed by atoms with E-state index in [9.17, 15) is 5.11 Å². The van der Waals surface area contributed by atoms with Crippen molar-refractivity contribution < 1.29 is 9.84 Å². The van der Waals surface area contributed by atoms with Gasteiger partial charge in [-0.05, 0) is 12.8 Å². The number of ether oxygens (including phenoxy) is 1. The number of hydrogen-bond acceptors (Lipinski definition) is 4. The molecule has 0 aromatic carbocycles. The number of aliphatic hydroxyl groups is 1. The van der Waals surface area contributed by atoms with Crippen molar-refractivity contribution in [2.45, 2.75) is 31.4 Å². The van der Waals surface area contributed by atoms with Crippen molar-refractivity contribution in [3.63, 3.8) is 0 Å². The molecule has 17 heavy (non-hydrogen) atoms. The Hall–Kier alpha value is -1.14. The largest absolute Gasteiger partial charge is 0.383 e. The molecule has 2 heterocycles. The topological polar surface area (TPSA) is 89.7 Å². The average molecular weight is 240 g/mol. The van der Waals surface area contributed by atoms with Crippen LogP contribution in [-0.2, 0) is 4.74 Å². The fraction of sp³-hybridized carbons (Fsp3) is 0.818. The number of aliphatic imine (C=N–C) groups is 1. The third-order valence-corrected chi connectivity index (χ3v) is 2.99. The van der Waals surface area contributed by atoms with Gasteiger partial charge in [0.2, 0.25) is 0 Å². The van der Waals surface area contributed by atoms with Gasteiger partial charge >= 0.3 is 0 Å². The van der Waals surface area contributed by atoms with E-state index < -0.39 is 6.10 Å². The Morgan fingerprint density at radius 2 is 2.35 bits per heavy atom. The van der Waals surface area contributed by atoms with Gasteiger partial charge in [-0.15, -0.1) is 0 Å². The molecule has 0 amide bonds. The zero-order valence-electron chi connectivity index (χ0n) is 9.91. The number of amidine groups is 2. The maximum absolute atomic E-state index is 9.42. The molecule has 2 aliphatic heterocycles. The monoisotopic (exact) mass is 240 g/mol. The predicted molar refractivity (Wildman–Crippen MR) is 65.6 cm³/mol. The Kier molecular flexibility index (Phi) is 4.33. The Bertz CT molecular complexity index is 298. The lowest BCUT2D eigenvalue weighted by Crippen LogP contribution is -2.40. The van der Waals surface area contributed by atoms with Crippen LogP contribution < -0.4 is 10.6 Å². The number of nitrogens with zero attached hydrogens (tertiary/aromatic N) is 1. The molecule has 0 spiro atoms. The molecule has 0 aliphatic carbocycles. The molecular weight excluding hydrogens is 220 g/mol. The summed E-state index contributed by atoms with van der Waals surface area (Å²) in [6.07, 6.45) is 2.21. The minimum Gasteiger partial charge on any atom is -0.383 e. The molecule has 2 atom stereocenters. The van der Waals surface area contributed by atoms with Gasteiger partial charge in [-0.25, -0.2) is 0 Å². The zero-order chi connectivity index (χ0) is 12.1. The zero-order valence-corrected chi connectivity index (χ0v) is 9.91. The summed E-state index contributed by atoms with van der Waals surface area (Å²) in [4.78, 5) is 4.47. The molecule has 0 saturated carbocycles. The summed E-state index contributed by atoms with van der Waals surface area (Å²) in [7, 11) is 0.